The summed E-state index contributed by atoms with van der Waals surface area (Å²) < 4.78 is 5.34. The number of benzene rings is 1. The molecule has 0 unspecified atom stereocenters. The molecule has 3 rings (SSSR count). The Morgan fingerprint density at radius 2 is 1.90 bits per heavy atom. The monoisotopic (exact) mass is 303 g/mol. The number of nitrogens with one attached hydrogen (secondary N) is 1. The van der Waals surface area contributed by atoms with Crippen LogP contribution in [-0.4, -0.2) is 23.9 Å². The molecule has 1 N–H and O–H groups in total. The summed E-state index contributed by atoms with van der Waals surface area (Å²) in [6.07, 6.45) is 4.08. The second kappa shape index (κ2) is 6.22. The van der Waals surface area contributed by atoms with Gasteiger partial charge in [0.1, 0.15) is 5.76 Å². The van der Waals surface area contributed by atoms with Crippen molar-refractivity contribution in [3.63, 3.8) is 0 Å². The quantitative estimate of drug-likeness (QED) is 0.659. The van der Waals surface area contributed by atoms with E-state index in [9.17, 15) is 0 Å². The maximum atomic E-state index is 5.92. The van der Waals surface area contributed by atoms with Gasteiger partial charge in [-0.3, -0.25) is 0 Å². The molecule has 0 atom stereocenters. The third kappa shape index (κ3) is 3.39. The molecule has 0 aliphatic carbocycles. The highest BCUT2D eigenvalue weighted by Crippen LogP contribution is 2.21. The largest absolute Gasteiger partial charge is 0.467 e. The third-order valence-corrected chi connectivity index (χ3v) is 3.82. The molecule has 1 aromatic heterocycles. The van der Waals surface area contributed by atoms with Crippen LogP contribution in [0, 0.1) is 6.92 Å². The smallest absolute Gasteiger partial charge is 0.203 e. The molecule has 1 aliphatic heterocycles. The predicted octanol–water partition coefficient (Wildman–Crippen LogP) is 4.44. The number of hydrogen-bond acceptors (Lipinski definition) is 2. The fourth-order valence-electron chi connectivity index (χ4n) is 2.38. The Morgan fingerprint density at radius 3 is 2.52 bits per heavy atom. The molecular weight excluding hydrogens is 286 g/mol. The summed E-state index contributed by atoms with van der Waals surface area (Å²) in [5.74, 6) is 1.72. The summed E-state index contributed by atoms with van der Waals surface area (Å²) in [4.78, 5) is 6.99. The van der Waals surface area contributed by atoms with Crippen LogP contribution in [0.3, 0.4) is 0 Å². The molecule has 4 nitrogen and oxygen atoms in total. The van der Waals surface area contributed by atoms with Gasteiger partial charge in [0.15, 0.2) is 0 Å². The molecule has 2 heterocycles. The SMILES string of the molecule is Cc1occc1NC(=Nc1ccc(Cl)cc1)N1CCCC1. The van der Waals surface area contributed by atoms with E-state index in [0.29, 0.717) is 0 Å². The van der Waals surface area contributed by atoms with Crippen molar-refractivity contribution in [1.82, 2.24) is 4.90 Å². The van der Waals surface area contributed by atoms with Crippen molar-refractivity contribution in [3.8, 4) is 0 Å². The van der Waals surface area contributed by atoms with Crippen LogP contribution in [0.2, 0.25) is 5.02 Å². The zero-order valence-electron chi connectivity index (χ0n) is 12.0. The molecule has 2 aromatic rings. The number of anilines is 1. The highest BCUT2D eigenvalue weighted by atomic mass is 35.5. The molecule has 0 bridgehead atoms. The first-order valence-electron chi connectivity index (χ1n) is 7.13. The van der Waals surface area contributed by atoms with Crippen molar-refractivity contribution in [2.24, 2.45) is 4.99 Å². The lowest BCUT2D eigenvalue weighted by molar-refractivity contribution is 0.516. The highest BCUT2D eigenvalue weighted by molar-refractivity contribution is 6.30. The molecule has 110 valence electrons. The van der Waals surface area contributed by atoms with Crippen molar-refractivity contribution in [2.45, 2.75) is 19.8 Å². The minimum Gasteiger partial charge on any atom is -0.467 e. The normalized spacial score (nSPS) is 15.5. The number of aliphatic imine (C=N–C) groups is 1. The summed E-state index contributed by atoms with van der Waals surface area (Å²) >= 11 is 5.92. The Bertz CT molecular complexity index is 627. The molecule has 0 saturated carbocycles. The Hall–Kier alpha value is -1.94. The van der Waals surface area contributed by atoms with Crippen LogP contribution in [0.4, 0.5) is 11.4 Å². The van der Waals surface area contributed by atoms with Gasteiger partial charge in [0.05, 0.1) is 17.6 Å². The minimum atomic E-state index is 0.718. The molecule has 1 saturated heterocycles. The van der Waals surface area contributed by atoms with Crippen LogP contribution in [0.25, 0.3) is 0 Å². The standard InChI is InChI=1S/C16H18ClN3O/c1-12-15(8-11-21-12)19-16(20-9-2-3-10-20)18-14-6-4-13(17)5-7-14/h4-8,11H,2-3,9-10H2,1H3,(H,18,19). The summed E-state index contributed by atoms with van der Waals surface area (Å²) in [5, 5.41) is 4.10. The number of guanidine groups is 1. The van der Waals surface area contributed by atoms with Gasteiger partial charge in [0, 0.05) is 24.2 Å². The Morgan fingerprint density at radius 1 is 1.19 bits per heavy atom. The van der Waals surface area contributed by atoms with E-state index in [0.717, 1.165) is 41.2 Å². The number of likely N-dealkylation sites (tertiary alicyclic amines) is 1. The van der Waals surface area contributed by atoms with Crippen molar-refractivity contribution >= 4 is 28.9 Å². The first-order valence-corrected chi connectivity index (χ1v) is 7.50. The first kappa shape index (κ1) is 14.0. The molecular formula is C16H18ClN3O. The highest BCUT2D eigenvalue weighted by Gasteiger charge is 2.17. The van der Waals surface area contributed by atoms with Crippen LogP contribution >= 0.6 is 11.6 Å². The van der Waals surface area contributed by atoms with Gasteiger partial charge in [-0.25, -0.2) is 4.99 Å². The number of nitrogens with zero attached hydrogens (tertiary/aromatic N) is 2. The molecule has 0 radical (unpaired) electrons. The Labute approximate surface area is 129 Å². The molecule has 21 heavy (non-hydrogen) atoms. The maximum absolute atomic E-state index is 5.92. The number of rotatable bonds is 2. The maximum Gasteiger partial charge on any atom is 0.203 e. The Kier molecular flexibility index (Phi) is 4.15. The van der Waals surface area contributed by atoms with Crippen LogP contribution < -0.4 is 5.32 Å². The lowest BCUT2D eigenvalue weighted by Crippen LogP contribution is -2.33. The lowest BCUT2D eigenvalue weighted by Gasteiger charge is -2.21. The van der Waals surface area contributed by atoms with Crippen LogP contribution in [-0.2, 0) is 0 Å². The number of halogens is 1. The van der Waals surface area contributed by atoms with E-state index in [1.54, 1.807) is 6.26 Å². The van der Waals surface area contributed by atoms with E-state index in [4.69, 9.17) is 21.0 Å². The van der Waals surface area contributed by atoms with Crippen LogP contribution in [0.5, 0.6) is 0 Å². The van der Waals surface area contributed by atoms with E-state index < -0.39 is 0 Å². The summed E-state index contributed by atoms with van der Waals surface area (Å²) in [6.45, 7) is 3.98. The van der Waals surface area contributed by atoms with E-state index in [-0.39, 0.29) is 0 Å². The fraction of sp³-hybridized carbons (Fsp3) is 0.312. The van der Waals surface area contributed by atoms with Gasteiger partial charge in [0.2, 0.25) is 5.96 Å². The van der Waals surface area contributed by atoms with E-state index in [2.05, 4.69) is 10.2 Å². The van der Waals surface area contributed by atoms with Crippen LogP contribution in [0.1, 0.15) is 18.6 Å². The van der Waals surface area contributed by atoms with Gasteiger partial charge in [0.25, 0.3) is 0 Å². The molecule has 5 heteroatoms. The van der Waals surface area contributed by atoms with E-state index in [1.807, 2.05) is 37.3 Å². The van der Waals surface area contributed by atoms with Gasteiger partial charge in [-0.05, 0) is 44.0 Å². The predicted molar refractivity (Wildman–Crippen MR) is 86.4 cm³/mol. The van der Waals surface area contributed by atoms with Gasteiger partial charge in [-0.2, -0.15) is 0 Å². The summed E-state index contributed by atoms with van der Waals surface area (Å²) in [7, 11) is 0. The van der Waals surface area contributed by atoms with Gasteiger partial charge in [-0.15, -0.1) is 0 Å². The molecule has 1 aliphatic rings. The first-order chi connectivity index (χ1) is 10.2. The molecule has 0 spiro atoms. The third-order valence-electron chi connectivity index (χ3n) is 3.57. The Balaban J connectivity index is 1.88. The van der Waals surface area contributed by atoms with Crippen molar-refractivity contribution < 1.29 is 4.42 Å². The van der Waals surface area contributed by atoms with Crippen molar-refractivity contribution in [3.05, 3.63) is 47.4 Å². The number of aryl methyl sites for hydroxylation is 1. The topological polar surface area (TPSA) is 40.8 Å². The van der Waals surface area contributed by atoms with Gasteiger partial charge >= 0.3 is 0 Å². The lowest BCUT2D eigenvalue weighted by atomic mass is 10.3. The van der Waals surface area contributed by atoms with Gasteiger partial charge < -0.3 is 14.6 Å². The summed E-state index contributed by atoms with van der Waals surface area (Å²) in [5.41, 5.74) is 1.84. The van der Waals surface area contributed by atoms with Crippen LogP contribution in [0.15, 0.2) is 46.0 Å². The molecule has 1 aromatic carbocycles. The van der Waals surface area contributed by atoms with Crippen molar-refractivity contribution in [1.29, 1.82) is 0 Å². The molecule has 1 fully saturated rings. The zero-order valence-corrected chi connectivity index (χ0v) is 12.7. The van der Waals surface area contributed by atoms with Crippen molar-refractivity contribution in [2.75, 3.05) is 18.4 Å². The van der Waals surface area contributed by atoms with E-state index >= 15 is 0 Å². The average molecular weight is 304 g/mol. The second-order valence-electron chi connectivity index (χ2n) is 5.12. The zero-order chi connectivity index (χ0) is 14.7. The average Bonchev–Trinajstić information content (AvgIpc) is 3.13. The number of hydrogen-bond donors (Lipinski definition) is 1. The molecule has 0 amide bonds. The number of furan rings is 1. The fourth-order valence-corrected chi connectivity index (χ4v) is 2.51. The second-order valence-corrected chi connectivity index (χ2v) is 5.56. The summed E-state index contributed by atoms with van der Waals surface area (Å²) in [6, 6.07) is 9.46. The minimum absolute atomic E-state index is 0.718. The van der Waals surface area contributed by atoms with Gasteiger partial charge in [-0.1, -0.05) is 11.6 Å². The van der Waals surface area contributed by atoms with E-state index in [1.165, 1.54) is 12.8 Å².